The number of nitrogens with one attached hydrogen (secondary N) is 5. The van der Waals surface area contributed by atoms with E-state index in [2.05, 4.69) is 31.2 Å². The van der Waals surface area contributed by atoms with Crippen LogP contribution in [0, 0.1) is 5.82 Å². The summed E-state index contributed by atoms with van der Waals surface area (Å²) in [5, 5.41) is 12.9. The van der Waals surface area contributed by atoms with Crippen LogP contribution >= 0.6 is 0 Å². The number of para-hydroxylation sites is 1. The number of hydrogen-bond donors (Lipinski definition) is 5. The first kappa shape index (κ1) is 18.4. The van der Waals surface area contributed by atoms with Crippen LogP contribution in [-0.2, 0) is 0 Å². The summed E-state index contributed by atoms with van der Waals surface area (Å²) >= 11 is 0. The SMILES string of the molecule is COc1c(F)cccc1Nc1c2[nH]c3c1C(=O)NC[C@@H]3CNCNc1cnccc1-2. The van der Waals surface area contributed by atoms with Crippen LogP contribution in [0.25, 0.3) is 11.3 Å². The number of anilines is 3. The Morgan fingerprint density at radius 2 is 2.13 bits per heavy atom. The number of pyridine rings is 1. The number of rotatable bonds is 3. The lowest BCUT2D eigenvalue weighted by molar-refractivity contribution is 0.0940. The summed E-state index contributed by atoms with van der Waals surface area (Å²) in [4.78, 5) is 20.6. The van der Waals surface area contributed by atoms with Gasteiger partial charge in [-0.25, -0.2) is 4.39 Å². The van der Waals surface area contributed by atoms with Gasteiger partial charge in [0.15, 0.2) is 11.6 Å². The topological polar surface area (TPSA) is 103 Å². The van der Waals surface area contributed by atoms with E-state index in [1.165, 1.54) is 13.2 Å². The van der Waals surface area contributed by atoms with E-state index in [0.717, 1.165) is 22.6 Å². The Bertz CT molecular complexity index is 1130. The molecule has 5 N–H and O–H groups in total. The third-order valence-corrected chi connectivity index (χ3v) is 5.49. The molecule has 8 nitrogen and oxygen atoms in total. The number of carbonyl (C=O) groups is 1. The largest absolute Gasteiger partial charge is 0.492 e. The van der Waals surface area contributed by atoms with Gasteiger partial charge in [-0.3, -0.25) is 15.1 Å². The summed E-state index contributed by atoms with van der Waals surface area (Å²) in [5.74, 6) is -0.495. The molecule has 0 saturated heterocycles. The minimum absolute atomic E-state index is 0.0755. The number of amides is 1. The number of nitrogens with zero attached hydrogens (tertiary/aromatic N) is 1. The van der Waals surface area contributed by atoms with Crippen molar-refractivity contribution in [1.29, 1.82) is 0 Å². The summed E-state index contributed by atoms with van der Waals surface area (Å²) in [6.07, 6.45) is 3.44. The van der Waals surface area contributed by atoms with Crippen LogP contribution in [0.5, 0.6) is 5.75 Å². The van der Waals surface area contributed by atoms with Crippen LogP contribution in [0.1, 0.15) is 22.0 Å². The third kappa shape index (κ3) is 2.94. The third-order valence-electron chi connectivity index (χ3n) is 5.49. The van der Waals surface area contributed by atoms with Gasteiger partial charge in [-0.1, -0.05) is 6.07 Å². The maximum Gasteiger partial charge on any atom is 0.255 e. The zero-order chi connectivity index (χ0) is 20.7. The first-order valence-electron chi connectivity index (χ1n) is 9.70. The molecule has 0 saturated carbocycles. The molecule has 2 bridgehead atoms. The highest BCUT2D eigenvalue weighted by Crippen LogP contribution is 2.43. The quantitative estimate of drug-likeness (QED) is 0.457. The second-order valence-corrected chi connectivity index (χ2v) is 7.25. The number of fused-ring (bicyclic) bond motifs is 3. The Kier molecular flexibility index (Phi) is 4.51. The van der Waals surface area contributed by atoms with Crippen molar-refractivity contribution >= 4 is 23.0 Å². The Balaban J connectivity index is 1.75. The number of ether oxygens (including phenoxy) is 1. The smallest absolute Gasteiger partial charge is 0.255 e. The van der Waals surface area contributed by atoms with Crippen LogP contribution in [0.3, 0.4) is 0 Å². The molecule has 2 aliphatic heterocycles. The van der Waals surface area contributed by atoms with E-state index in [-0.39, 0.29) is 17.6 Å². The molecule has 2 aromatic heterocycles. The molecule has 2 aliphatic rings. The molecular formula is C21H21FN6O2. The average molecular weight is 408 g/mol. The maximum absolute atomic E-state index is 14.3. The highest BCUT2D eigenvalue weighted by atomic mass is 19.1. The fraction of sp³-hybridized carbons (Fsp3) is 0.238. The van der Waals surface area contributed by atoms with Gasteiger partial charge in [0.05, 0.1) is 48.3 Å². The van der Waals surface area contributed by atoms with Crippen LogP contribution in [-0.4, -0.2) is 42.7 Å². The highest BCUT2D eigenvalue weighted by molar-refractivity contribution is 6.07. The van der Waals surface area contributed by atoms with Gasteiger partial charge in [-0.15, -0.1) is 0 Å². The molecule has 0 fully saturated rings. The first-order chi connectivity index (χ1) is 14.7. The molecule has 3 aromatic rings. The van der Waals surface area contributed by atoms with Crippen LogP contribution < -0.4 is 26.0 Å². The molecule has 0 radical (unpaired) electrons. The van der Waals surface area contributed by atoms with E-state index in [9.17, 15) is 9.18 Å². The lowest BCUT2D eigenvalue weighted by Gasteiger charge is -2.24. The number of aromatic nitrogens is 2. The second kappa shape index (κ2) is 7.34. The van der Waals surface area contributed by atoms with E-state index in [0.29, 0.717) is 36.7 Å². The van der Waals surface area contributed by atoms with E-state index < -0.39 is 5.82 Å². The molecule has 0 aliphatic carbocycles. The maximum atomic E-state index is 14.3. The molecule has 30 heavy (non-hydrogen) atoms. The fourth-order valence-electron chi connectivity index (χ4n) is 4.08. The van der Waals surface area contributed by atoms with E-state index in [1.807, 2.05) is 6.07 Å². The monoisotopic (exact) mass is 408 g/mol. The number of benzene rings is 1. The van der Waals surface area contributed by atoms with Crippen molar-refractivity contribution in [3.63, 3.8) is 0 Å². The van der Waals surface area contributed by atoms with Crippen molar-refractivity contribution in [1.82, 2.24) is 20.6 Å². The Labute approximate surface area is 172 Å². The van der Waals surface area contributed by atoms with E-state index >= 15 is 0 Å². The molecule has 0 unspecified atom stereocenters. The van der Waals surface area contributed by atoms with Crippen molar-refractivity contribution in [3.8, 4) is 17.0 Å². The minimum Gasteiger partial charge on any atom is -0.492 e. The molecule has 5 rings (SSSR count). The number of carbonyl (C=O) groups excluding carboxylic acids is 1. The molecule has 0 spiro atoms. The van der Waals surface area contributed by atoms with E-state index in [1.54, 1.807) is 24.5 Å². The standard InChI is InChI=1S/C21H21FN6O2/c1-30-20-13(22)3-2-4-14(20)27-19-16-17-11(8-25-21(16)29)7-24-10-26-15-9-23-6-5-12(15)18(19)28-17/h2-6,9,11,24,26-28H,7-8,10H2,1H3,(H,25,29)/t11-/m0/s1. The average Bonchev–Trinajstić information content (AvgIpc) is 3.13. The van der Waals surface area contributed by atoms with Crippen molar-refractivity contribution in [2.45, 2.75) is 5.92 Å². The number of halogens is 1. The van der Waals surface area contributed by atoms with Gasteiger partial charge in [0, 0.05) is 36.5 Å². The van der Waals surface area contributed by atoms with Crippen LogP contribution in [0.2, 0.25) is 0 Å². The van der Waals surface area contributed by atoms with Crippen LogP contribution in [0.4, 0.5) is 21.5 Å². The molecule has 1 aromatic carbocycles. The van der Waals surface area contributed by atoms with Gasteiger partial charge in [-0.2, -0.15) is 0 Å². The van der Waals surface area contributed by atoms with Gasteiger partial charge in [0.2, 0.25) is 0 Å². The van der Waals surface area contributed by atoms with E-state index in [4.69, 9.17) is 4.74 Å². The van der Waals surface area contributed by atoms with Gasteiger partial charge in [-0.05, 0) is 18.2 Å². The van der Waals surface area contributed by atoms with Gasteiger partial charge >= 0.3 is 0 Å². The lowest BCUT2D eigenvalue weighted by Crippen LogP contribution is -2.40. The molecular weight excluding hydrogens is 387 g/mol. The molecule has 154 valence electrons. The van der Waals surface area contributed by atoms with Crippen molar-refractivity contribution in [2.75, 3.05) is 37.5 Å². The van der Waals surface area contributed by atoms with Crippen LogP contribution in [0.15, 0.2) is 36.7 Å². The summed E-state index contributed by atoms with van der Waals surface area (Å²) in [7, 11) is 1.42. The molecule has 4 heterocycles. The van der Waals surface area contributed by atoms with Crippen molar-refractivity contribution in [2.24, 2.45) is 0 Å². The van der Waals surface area contributed by atoms with Gasteiger partial charge in [0.1, 0.15) is 0 Å². The zero-order valence-electron chi connectivity index (χ0n) is 16.3. The Hall–Kier alpha value is -3.59. The Morgan fingerprint density at radius 3 is 3.00 bits per heavy atom. The second-order valence-electron chi connectivity index (χ2n) is 7.25. The molecule has 9 heteroatoms. The van der Waals surface area contributed by atoms with Gasteiger partial charge in [0.25, 0.3) is 5.91 Å². The predicted molar refractivity (Wildman–Crippen MR) is 112 cm³/mol. The van der Waals surface area contributed by atoms with Crippen molar-refractivity contribution < 1.29 is 13.9 Å². The summed E-state index contributed by atoms with van der Waals surface area (Å²) in [6.45, 7) is 1.78. The fourth-order valence-corrected chi connectivity index (χ4v) is 4.08. The lowest BCUT2D eigenvalue weighted by atomic mass is 9.96. The zero-order valence-corrected chi connectivity index (χ0v) is 16.3. The summed E-state index contributed by atoms with van der Waals surface area (Å²) in [6, 6.07) is 6.52. The number of aromatic amines is 1. The normalized spacial score (nSPS) is 17.4. The molecule has 1 amide bonds. The minimum atomic E-state index is -0.482. The number of hydrogen-bond acceptors (Lipinski definition) is 6. The summed E-state index contributed by atoms with van der Waals surface area (Å²) < 4.78 is 19.5. The first-order valence-corrected chi connectivity index (χ1v) is 9.70. The summed E-state index contributed by atoms with van der Waals surface area (Å²) in [5.41, 5.74) is 4.80. The predicted octanol–water partition coefficient (Wildman–Crippen LogP) is 2.77. The molecule has 1 atom stereocenters. The highest BCUT2D eigenvalue weighted by Gasteiger charge is 2.33. The van der Waals surface area contributed by atoms with Crippen molar-refractivity contribution in [3.05, 3.63) is 53.7 Å². The van der Waals surface area contributed by atoms with Gasteiger partial charge < -0.3 is 25.7 Å². The Morgan fingerprint density at radius 1 is 1.23 bits per heavy atom. The number of methoxy groups -OCH3 is 1. The number of H-pyrrole nitrogens is 1.